The summed E-state index contributed by atoms with van der Waals surface area (Å²) in [6.45, 7) is 0. The normalized spacial score (nSPS) is 11.7. The second-order valence-electron chi connectivity index (χ2n) is 5.73. The van der Waals surface area contributed by atoms with E-state index in [1.807, 2.05) is 29.6 Å². The first-order chi connectivity index (χ1) is 13.2. The van der Waals surface area contributed by atoms with Crippen molar-refractivity contribution in [1.82, 2.24) is 15.4 Å². The molecule has 5 N–H and O–H groups in total. The molecule has 0 amide bonds. The smallest absolute Gasteiger partial charge is 0.166 e. The van der Waals surface area contributed by atoms with Gasteiger partial charge in [-0.05, 0) is 53.9 Å². The average molecular weight is 378 g/mol. The Hall–Kier alpha value is -3.36. The zero-order valence-electron chi connectivity index (χ0n) is 14.1. The number of nitrogens with one attached hydrogen (secondary N) is 1. The van der Waals surface area contributed by atoms with Crippen molar-refractivity contribution < 1.29 is 4.39 Å². The minimum atomic E-state index is -0.301. The van der Waals surface area contributed by atoms with Crippen molar-refractivity contribution in [3.8, 4) is 21.8 Å². The molecule has 4 aromatic rings. The first kappa shape index (κ1) is 17.1. The number of nitrogens with zero attached hydrogens (tertiary/aromatic N) is 3. The van der Waals surface area contributed by atoms with Crippen LogP contribution in [0.5, 0.6) is 0 Å². The Labute approximate surface area is 158 Å². The molecule has 0 atom stereocenters. The molecule has 0 spiro atoms. The van der Waals surface area contributed by atoms with Gasteiger partial charge in [-0.1, -0.05) is 6.07 Å². The van der Waals surface area contributed by atoms with E-state index in [0.717, 1.165) is 21.7 Å². The van der Waals surface area contributed by atoms with Crippen LogP contribution in [-0.2, 0) is 0 Å². The molecule has 2 aromatic carbocycles. The van der Waals surface area contributed by atoms with Crippen LogP contribution >= 0.6 is 11.3 Å². The van der Waals surface area contributed by atoms with Gasteiger partial charge in [0, 0.05) is 11.1 Å². The number of aromatic nitrogens is 2. The minimum Gasteiger partial charge on any atom is -0.321 e. The Balaban J connectivity index is 1.96. The standard InChI is InChI=1S/C19H15FN6S/c20-13-6-3-11(4-7-13)17-18(16-2-1-9-27-16)23-14-8-5-12(10-15(14)24-17)19(25-21)26-22/h1-10H,21-22H2,(H,25,26). The molecule has 8 heteroatoms. The van der Waals surface area contributed by atoms with Crippen LogP contribution in [-0.4, -0.2) is 15.8 Å². The van der Waals surface area contributed by atoms with Crippen molar-refractivity contribution in [3.05, 3.63) is 71.4 Å². The van der Waals surface area contributed by atoms with Crippen molar-refractivity contribution in [2.24, 2.45) is 16.8 Å². The summed E-state index contributed by atoms with van der Waals surface area (Å²) in [7, 11) is 0. The molecule has 0 bridgehead atoms. The van der Waals surface area contributed by atoms with Crippen LogP contribution in [0.3, 0.4) is 0 Å². The number of benzene rings is 2. The van der Waals surface area contributed by atoms with Crippen LogP contribution in [0, 0.1) is 5.82 Å². The highest BCUT2D eigenvalue weighted by Gasteiger charge is 2.15. The predicted molar refractivity (Wildman–Crippen MR) is 106 cm³/mol. The first-order valence-corrected chi connectivity index (χ1v) is 8.94. The second kappa shape index (κ2) is 7.10. The molecule has 6 nitrogen and oxygen atoms in total. The van der Waals surface area contributed by atoms with Crippen LogP contribution in [0.25, 0.3) is 32.9 Å². The van der Waals surface area contributed by atoms with Crippen molar-refractivity contribution in [1.29, 1.82) is 0 Å². The van der Waals surface area contributed by atoms with Gasteiger partial charge >= 0.3 is 0 Å². The molecular weight excluding hydrogens is 363 g/mol. The molecule has 4 rings (SSSR count). The van der Waals surface area contributed by atoms with Crippen molar-refractivity contribution >= 4 is 28.2 Å². The number of hydrazone groups is 1. The molecule has 0 saturated carbocycles. The summed E-state index contributed by atoms with van der Waals surface area (Å²) < 4.78 is 13.4. The van der Waals surface area contributed by atoms with E-state index in [9.17, 15) is 4.39 Å². The fourth-order valence-electron chi connectivity index (χ4n) is 2.79. The highest BCUT2D eigenvalue weighted by molar-refractivity contribution is 7.13. The molecule has 0 aliphatic rings. The van der Waals surface area contributed by atoms with E-state index in [1.165, 1.54) is 12.1 Å². The lowest BCUT2D eigenvalue weighted by atomic mass is 10.1. The third-order valence-corrected chi connectivity index (χ3v) is 4.95. The third kappa shape index (κ3) is 3.23. The van der Waals surface area contributed by atoms with E-state index in [-0.39, 0.29) is 5.82 Å². The summed E-state index contributed by atoms with van der Waals surface area (Å²) in [4.78, 5) is 10.6. The molecule has 134 valence electrons. The zero-order valence-corrected chi connectivity index (χ0v) is 14.9. The van der Waals surface area contributed by atoms with Gasteiger partial charge in [-0.2, -0.15) is 5.10 Å². The monoisotopic (exact) mass is 378 g/mol. The summed E-state index contributed by atoms with van der Waals surface area (Å²) in [6, 6.07) is 15.6. The molecule has 0 radical (unpaired) electrons. The lowest BCUT2D eigenvalue weighted by molar-refractivity contribution is 0.628. The number of fused-ring (bicyclic) bond motifs is 1. The molecule has 0 unspecified atom stereocenters. The number of amidine groups is 1. The number of halogens is 1. The first-order valence-electron chi connectivity index (χ1n) is 8.06. The topological polar surface area (TPSA) is 102 Å². The molecule has 2 aromatic heterocycles. The summed E-state index contributed by atoms with van der Waals surface area (Å²) in [6.07, 6.45) is 0. The Bertz CT molecular complexity index is 1120. The Morgan fingerprint density at radius 3 is 2.44 bits per heavy atom. The Kier molecular flexibility index (Phi) is 4.49. The average Bonchev–Trinajstić information content (AvgIpc) is 3.23. The van der Waals surface area contributed by atoms with Gasteiger partial charge in [0.2, 0.25) is 0 Å². The molecule has 0 fully saturated rings. The van der Waals surface area contributed by atoms with Crippen molar-refractivity contribution in [2.75, 3.05) is 0 Å². The molecular formula is C19H15FN6S. The molecule has 2 heterocycles. The van der Waals surface area contributed by atoms with E-state index in [1.54, 1.807) is 29.5 Å². The Morgan fingerprint density at radius 2 is 1.78 bits per heavy atom. The van der Waals surface area contributed by atoms with E-state index in [4.69, 9.17) is 21.7 Å². The quantitative estimate of drug-likeness (QED) is 0.220. The number of thiophene rings is 1. The largest absolute Gasteiger partial charge is 0.321 e. The van der Waals surface area contributed by atoms with Crippen LogP contribution in [0.4, 0.5) is 4.39 Å². The van der Waals surface area contributed by atoms with Gasteiger partial charge in [0.15, 0.2) is 5.84 Å². The maximum Gasteiger partial charge on any atom is 0.166 e. The van der Waals surface area contributed by atoms with Gasteiger partial charge in [0.05, 0.1) is 21.6 Å². The minimum absolute atomic E-state index is 0.301. The predicted octanol–water partition coefficient (Wildman–Crippen LogP) is 3.25. The SMILES string of the molecule is N/N=C(\NN)c1ccc2nc(-c3cccs3)c(-c3ccc(F)cc3)nc2c1. The Morgan fingerprint density at radius 1 is 1.00 bits per heavy atom. The third-order valence-electron chi connectivity index (χ3n) is 4.08. The van der Waals surface area contributed by atoms with Gasteiger partial charge in [0.1, 0.15) is 11.5 Å². The number of rotatable bonds is 3. The van der Waals surface area contributed by atoms with Crippen LogP contribution in [0.15, 0.2) is 65.1 Å². The molecule has 27 heavy (non-hydrogen) atoms. The fraction of sp³-hybridized carbons (Fsp3) is 0. The van der Waals surface area contributed by atoms with Gasteiger partial charge in [-0.15, -0.1) is 11.3 Å². The van der Waals surface area contributed by atoms with Gasteiger partial charge < -0.3 is 11.3 Å². The number of hydrogen-bond acceptors (Lipinski definition) is 6. The summed E-state index contributed by atoms with van der Waals surface area (Å²) >= 11 is 1.57. The summed E-state index contributed by atoms with van der Waals surface area (Å²) in [5.41, 5.74) is 6.73. The van der Waals surface area contributed by atoms with Crippen LogP contribution < -0.4 is 17.1 Å². The van der Waals surface area contributed by atoms with E-state index in [0.29, 0.717) is 22.6 Å². The lowest BCUT2D eigenvalue weighted by Gasteiger charge is -2.10. The van der Waals surface area contributed by atoms with Crippen LogP contribution in [0.1, 0.15) is 5.56 Å². The lowest BCUT2D eigenvalue weighted by Crippen LogP contribution is -2.32. The second-order valence-corrected chi connectivity index (χ2v) is 6.68. The zero-order chi connectivity index (χ0) is 18.8. The molecule has 0 aliphatic carbocycles. The summed E-state index contributed by atoms with van der Waals surface area (Å²) in [5, 5.41) is 5.61. The fourth-order valence-corrected chi connectivity index (χ4v) is 3.51. The molecule has 0 aliphatic heterocycles. The summed E-state index contributed by atoms with van der Waals surface area (Å²) in [5.74, 6) is 10.8. The van der Waals surface area contributed by atoms with E-state index >= 15 is 0 Å². The van der Waals surface area contributed by atoms with E-state index in [2.05, 4.69) is 10.5 Å². The van der Waals surface area contributed by atoms with Gasteiger partial charge in [-0.25, -0.2) is 20.2 Å². The van der Waals surface area contributed by atoms with E-state index < -0.39 is 0 Å². The van der Waals surface area contributed by atoms with Crippen molar-refractivity contribution in [3.63, 3.8) is 0 Å². The highest BCUT2D eigenvalue weighted by atomic mass is 32.1. The maximum atomic E-state index is 13.4. The number of hydrogen-bond donors (Lipinski definition) is 3. The number of hydrazine groups is 1. The van der Waals surface area contributed by atoms with Gasteiger partial charge in [0.25, 0.3) is 0 Å². The van der Waals surface area contributed by atoms with Gasteiger partial charge in [-0.3, -0.25) is 0 Å². The maximum absolute atomic E-state index is 13.4. The molecule has 0 saturated heterocycles. The van der Waals surface area contributed by atoms with Crippen LogP contribution in [0.2, 0.25) is 0 Å². The highest BCUT2D eigenvalue weighted by Crippen LogP contribution is 2.33. The number of nitrogens with two attached hydrogens (primary N) is 2. The van der Waals surface area contributed by atoms with Crippen molar-refractivity contribution in [2.45, 2.75) is 0 Å².